The molecular formula is C19H27N4NaO4. The molecule has 0 saturated carbocycles. The summed E-state index contributed by atoms with van der Waals surface area (Å²) in [5.41, 5.74) is 0.185. The van der Waals surface area contributed by atoms with E-state index in [2.05, 4.69) is 10.3 Å². The van der Waals surface area contributed by atoms with Crippen molar-refractivity contribution < 1.29 is 49.0 Å². The quantitative estimate of drug-likeness (QED) is 0.460. The van der Waals surface area contributed by atoms with Gasteiger partial charge in [0.25, 0.3) is 0 Å². The number of hydrogen-bond donors (Lipinski definition) is 1. The van der Waals surface area contributed by atoms with Crippen LogP contribution >= 0.6 is 0 Å². The van der Waals surface area contributed by atoms with Gasteiger partial charge in [0.15, 0.2) is 5.82 Å². The summed E-state index contributed by atoms with van der Waals surface area (Å²) in [6.07, 6.45) is 10.4. The zero-order chi connectivity index (χ0) is 19.9. The fraction of sp³-hybridized carbons (Fsp3) is 0.526. The Hall–Kier alpha value is -1.77. The van der Waals surface area contributed by atoms with Gasteiger partial charge in [-0.15, -0.1) is 0 Å². The molecule has 0 aliphatic rings. The van der Waals surface area contributed by atoms with Crippen LogP contribution in [0.25, 0.3) is 0 Å². The summed E-state index contributed by atoms with van der Waals surface area (Å²) < 4.78 is 8.86. The minimum Gasteiger partial charge on any atom is -0.542 e. The van der Waals surface area contributed by atoms with Gasteiger partial charge in [-0.3, -0.25) is 5.32 Å². The Labute approximate surface area is 187 Å². The van der Waals surface area contributed by atoms with Crippen molar-refractivity contribution in [1.82, 2.24) is 14.1 Å². The third-order valence-electron chi connectivity index (χ3n) is 3.86. The second kappa shape index (κ2) is 11.3. The number of carbonyl (C=O) groups is 2. The maximum absolute atomic E-state index is 11.7. The van der Waals surface area contributed by atoms with E-state index < -0.39 is 17.7 Å². The predicted octanol–water partition coefficient (Wildman–Crippen LogP) is -0.340. The minimum atomic E-state index is -1.25. The average molecular weight is 398 g/mol. The topological polar surface area (TPSA) is 101 Å². The van der Waals surface area contributed by atoms with Crippen molar-refractivity contribution in [3.05, 3.63) is 36.7 Å². The summed E-state index contributed by atoms with van der Waals surface area (Å²) in [7, 11) is 0. The Morgan fingerprint density at radius 2 is 1.82 bits per heavy atom. The van der Waals surface area contributed by atoms with Crippen LogP contribution in [-0.2, 0) is 17.8 Å². The van der Waals surface area contributed by atoms with Crippen LogP contribution in [0.3, 0.4) is 0 Å². The number of carboxylic acid groups (broad SMARTS) is 1. The molecule has 0 aromatic carbocycles. The molecule has 28 heavy (non-hydrogen) atoms. The van der Waals surface area contributed by atoms with Crippen molar-refractivity contribution in [3.8, 4) is 0 Å². The fourth-order valence-corrected chi connectivity index (χ4v) is 2.68. The van der Waals surface area contributed by atoms with Gasteiger partial charge in [0.2, 0.25) is 0 Å². The van der Waals surface area contributed by atoms with Crippen LogP contribution in [-0.4, -0.2) is 31.8 Å². The first-order valence-corrected chi connectivity index (χ1v) is 9.13. The van der Waals surface area contributed by atoms with E-state index in [1.165, 1.54) is 6.20 Å². The van der Waals surface area contributed by atoms with Gasteiger partial charge in [0.1, 0.15) is 11.6 Å². The van der Waals surface area contributed by atoms with Crippen LogP contribution in [0.15, 0.2) is 30.9 Å². The number of ether oxygens (including phenoxy) is 1. The second-order valence-corrected chi connectivity index (χ2v) is 7.41. The first-order chi connectivity index (χ1) is 12.7. The zero-order valence-corrected chi connectivity index (χ0v) is 19.1. The Kier molecular flexibility index (Phi) is 9.78. The Balaban J connectivity index is 0.00000392. The predicted molar refractivity (Wildman–Crippen MR) is 99.3 cm³/mol. The molecule has 0 radical (unpaired) electrons. The molecule has 2 aromatic heterocycles. The molecule has 1 amide bonds. The van der Waals surface area contributed by atoms with Crippen LogP contribution in [0.4, 0.5) is 10.5 Å². The van der Waals surface area contributed by atoms with E-state index in [4.69, 9.17) is 4.74 Å². The largest absolute Gasteiger partial charge is 1.00 e. The number of amides is 1. The minimum absolute atomic E-state index is 0. The third-order valence-corrected chi connectivity index (χ3v) is 3.86. The number of anilines is 1. The maximum Gasteiger partial charge on any atom is 1.00 e. The molecule has 0 bridgehead atoms. The van der Waals surface area contributed by atoms with Crippen LogP contribution < -0.4 is 40.0 Å². The molecule has 0 aliphatic carbocycles. The van der Waals surface area contributed by atoms with E-state index in [9.17, 15) is 14.7 Å². The maximum atomic E-state index is 11.7. The molecule has 2 heterocycles. The van der Waals surface area contributed by atoms with E-state index in [1.807, 2.05) is 43.8 Å². The number of aryl methyl sites for hydroxylation is 2. The third kappa shape index (κ3) is 8.50. The van der Waals surface area contributed by atoms with E-state index in [1.54, 1.807) is 10.8 Å². The van der Waals surface area contributed by atoms with Gasteiger partial charge in [-0.25, -0.2) is 9.78 Å². The van der Waals surface area contributed by atoms with E-state index >= 15 is 0 Å². The molecule has 0 fully saturated rings. The zero-order valence-electron chi connectivity index (χ0n) is 17.1. The van der Waals surface area contributed by atoms with E-state index in [-0.39, 0.29) is 35.4 Å². The second-order valence-electron chi connectivity index (χ2n) is 7.41. The summed E-state index contributed by atoms with van der Waals surface area (Å²) in [4.78, 5) is 26.4. The monoisotopic (exact) mass is 398 g/mol. The van der Waals surface area contributed by atoms with Crippen molar-refractivity contribution in [2.45, 2.75) is 65.1 Å². The molecule has 0 spiro atoms. The van der Waals surface area contributed by atoms with Gasteiger partial charge in [-0.05, 0) is 39.7 Å². The summed E-state index contributed by atoms with van der Waals surface area (Å²) in [5.74, 6) is -1.27. The van der Waals surface area contributed by atoms with Gasteiger partial charge >= 0.3 is 35.7 Å². The molecule has 0 atom stereocenters. The van der Waals surface area contributed by atoms with Gasteiger partial charge in [0, 0.05) is 37.9 Å². The van der Waals surface area contributed by atoms with Crippen molar-refractivity contribution in [2.24, 2.45) is 0 Å². The van der Waals surface area contributed by atoms with Crippen LogP contribution in [0.1, 0.15) is 57.1 Å². The SMILES string of the molecule is CC(C)(C)OC(=O)Nc1ccn(CCCCCCn2ccnc2C(=O)[O-])c1.[Na+]. The number of nitrogens with one attached hydrogen (secondary N) is 1. The van der Waals surface area contributed by atoms with Gasteiger partial charge in [-0.1, -0.05) is 12.8 Å². The molecule has 1 N–H and O–H groups in total. The number of rotatable bonds is 9. The number of carbonyl (C=O) groups excluding carboxylic acids is 2. The summed E-state index contributed by atoms with van der Waals surface area (Å²) in [6.45, 7) is 6.94. The average Bonchev–Trinajstić information content (AvgIpc) is 3.18. The van der Waals surface area contributed by atoms with Crippen molar-refractivity contribution in [2.75, 3.05) is 5.32 Å². The number of imidazole rings is 1. The number of aromatic nitrogens is 3. The van der Waals surface area contributed by atoms with Gasteiger partial charge < -0.3 is 23.8 Å². The number of carboxylic acids is 1. The van der Waals surface area contributed by atoms with Crippen LogP contribution in [0, 0.1) is 0 Å². The fourth-order valence-electron chi connectivity index (χ4n) is 2.68. The summed E-state index contributed by atoms with van der Waals surface area (Å²) in [6, 6.07) is 1.84. The number of unbranched alkanes of at least 4 members (excludes halogenated alkanes) is 3. The molecular weight excluding hydrogens is 371 g/mol. The van der Waals surface area contributed by atoms with Crippen molar-refractivity contribution >= 4 is 17.7 Å². The molecule has 8 nitrogen and oxygen atoms in total. The first-order valence-electron chi connectivity index (χ1n) is 9.13. The molecule has 0 unspecified atom stereocenters. The molecule has 0 aliphatic heterocycles. The Morgan fingerprint density at radius 1 is 1.14 bits per heavy atom. The molecule has 148 valence electrons. The van der Waals surface area contributed by atoms with Crippen molar-refractivity contribution in [3.63, 3.8) is 0 Å². The number of nitrogens with zero attached hydrogens (tertiary/aromatic N) is 3. The van der Waals surface area contributed by atoms with Crippen LogP contribution in [0.2, 0.25) is 0 Å². The Bertz CT molecular complexity index is 764. The normalized spacial score (nSPS) is 11.0. The number of hydrogen-bond acceptors (Lipinski definition) is 5. The van der Waals surface area contributed by atoms with Gasteiger partial charge in [-0.2, -0.15) is 0 Å². The van der Waals surface area contributed by atoms with E-state index in [0.29, 0.717) is 12.2 Å². The Morgan fingerprint density at radius 3 is 2.46 bits per heavy atom. The molecule has 2 aromatic rings. The summed E-state index contributed by atoms with van der Waals surface area (Å²) >= 11 is 0. The van der Waals surface area contributed by atoms with Gasteiger partial charge in [0.05, 0.1) is 5.69 Å². The number of aromatic carboxylic acids is 1. The first kappa shape index (κ1) is 24.3. The van der Waals surface area contributed by atoms with Crippen molar-refractivity contribution in [1.29, 1.82) is 0 Å². The van der Waals surface area contributed by atoms with E-state index in [0.717, 1.165) is 32.2 Å². The smallest absolute Gasteiger partial charge is 0.542 e. The van der Waals surface area contributed by atoms with Crippen LogP contribution in [0.5, 0.6) is 0 Å². The molecule has 9 heteroatoms. The summed E-state index contributed by atoms with van der Waals surface area (Å²) in [5, 5.41) is 13.6. The molecule has 2 rings (SSSR count). The standard InChI is InChI=1S/C19H28N4O4.Na/c1-19(2,3)27-18(26)21-15-8-12-22(14-15)10-6-4-5-7-11-23-13-9-20-16(23)17(24)25;/h8-9,12-14H,4-7,10-11H2,1-3H3,(H,21,26)(H,24,25);/q;+1/p-1. The molecule has 0 saturated heterocycles.